The van der Waals surface area contributed by atoms with Crippen molar-refractivity contribution in [2.75, 3.05) is 5.33 Å². The molecule has 0 saturated carbocycles. The molecule has 0 bridgehead atoms. The summed E-state index contributed by atoms with van der Waals surface area (Å²) in [5, 5.41) is 1.15. The molecule has 0 amide bonds. The third kappa shape index (κ3) is 12.2. The van der Waals surface area contributed by atoms with Gasteiger partial charge in [-0.25, -0.2) is 0 Å². The Morgan fingerprint density at radius 3 is 1.57 bits per heavy atom. The molecular weight excluding hydrogens is 240 g/mol. The highest BCUT2D eigenvalue weighted by Crippen LogP contribution is 2.10. The largest absolute Gasteiger partial charge is 0.303 e. The summed E-state index contributed by atoms with van der Waals surface area (Å²) in [7, 11) is 0. The first-order chi connectivity index (χ1) is 6.91. The fourth-order valence-corrected chi connectivity index (χ4v) is 1.96. The van der Waals surface area contributed by atoms with Crippen molar-refractivity contribution in [3.8, 4) is 0 Å². The monoisotopic (exact) mass is 262 g/mol. The summed E-state index contributed by atoms with van der Waals surface area (Å²) in [5.41, 5.74) is 0. The van der Waals surface area contributed by atoms with E-state index in [9.17, 15) is 4.79 Å². The summed E-state index contributed by atoms with van der Waals surface area (Å²) < 4.78 is 0. The summed E-state index contributed by atoms with van der Waals surface area (Å²) >= 11 is 3.44. The molecule has 84 valence electrons. The van der Waals surface area contributed by atoms with E-state index in [-0.39, 0.29) is 0 Å². The lowest BCUT2D eigenvalue weighted by Gasteiger charge is -2.00. The van der Waals surface area contributed by atoms with Crippen molar-refractivity contribution in [3.05, 3.63) is 0 Å². The van der Waals surface area contributed by atoms with Crippen LogP contribution in [0.15, 0.2) is 0 Å². The number of aldehydes is 1. The average Bonchev–Trinajstić information content (AvgIpc) is 2.21. The van der Waals surface area contributed by atoms with Crippen LogP contribution in [0, 0.1) is 0 Å². The Balaban J connectivity index is 2.81. The van der Waals surface area contributed by atoms with Gasteiger partial charge in [-0.05, 0) is 12.8 Å². The van der Waals surface area contributed by atoms with Crippen LogP contribution in [0.1, 0.15) is 64.2 Å². The number of carbonyl (C=O) groups excluding carboxylic acids is 1. The molecule has 0 N–H and O–H groups in total. The number of alkyl halides is 1. The molecule has 2 heteroatoms. The van der Waals surface area contributed by atoms with Gasteiger partial charge in [-0.1, -0.05) is 60.9 Å². The number of halogens is 1. The number of rotatable bonds is 11. The first kappa shape index (κ1) is 14.2. The fourth-order valence-electron chi connectivity index (χ4n) is 1.56. The second-order valence-corrected chi connectivity index (χ2v) is 4.62. The van der Waals surface area contributed by atoms with Gasteiger partial charge in [-0.15, -0.1) is 0 Å². The van der Waals surface area contributed by atoms with Crippen molar-refractivity contribution < 1.29 is 4.79 Å². The van der Waals surface area contributed by atoms with Crippen LogP contribution in [0.2, 0.25) is 0 Å². The van der Waals surface area contributed by atoms with Gasteiger partial charge in [0.15, 0.2) is 0 Å². The van der Waals surface area contributed by atoms with E-state index in [0.717, 1.165) is 24.5 Å². The van der Waals surface area contributed by atoms with Crippen LogP contribution in [-0.4, -0.2) is 11.6 Å². The first-order valence-corrected chi connectivity index (χ1v) is 7.03. The van der Waals surface area contributed by atoms with Crippen LogP contribution in [0.3, 0.4) is 0 Å². The SMILES string of the molecule is O=CCCCCCCCCCCCBr. The third-order valence-corrected chi connectivity index (χ3v) is 3.02. The quantitative estimate of drug-likeness (QED) is 0.305. The lowest BCUT2D eigenvalue weighted by Crippen LogP contribution is -1.82. The molecule has 0 aromatic carbocycles. The Bertz CT molecular complexity index is 115. The zero-order valence-corrected chi connectivity index (χ0v) is 10.7. The summed E-state index contributed by atoms with van der Waals surface area (Å²) in [4.78, 5) is 10.0. The van der Waals surface area contributed by atoms with Gasteiger partial charge in [0.05, 0.1) is 0 Å². The van der Waals surface area contributed by atoms with E-state index in [1.54, 1.807) is 0 Å². The normalized spacial score (nSPS) is 10.4. The number of hydrogen-bond donors (Lipinski definition) is 0. The van der Waals surface area contributed by atoms with Gasteiger partial charge in [0.25, 0.3) is 0 Å². The molecule has 0 aromatic heterocycles. The maximum atomic E-state index is 10.0. The summed E-state index contributed by atoms with van der Waals surface area (Å²) in [5.74, 6) is 0. The fraction of sp³-hybridized carbons (Fsp3) is 0.917. The van der Waals surface area contributed by atoms with Crippen LogP contribution in [0.25, 0.3) is 0 Å². The maximum absolute atomic E-state index is 10.0. The Hall–Kier alpha value is 0.150. The minimum Gasteiger partial charge on any atom is -0.303 e. The van der Waals surface area contributed by atoms with Crippen LogP contribution in [-0.2, 0) is 4.79 Å². The minimum absolute atomic E-state index is 0.755. The van der Waals surface area contributed by atoms with Gasteiger partial charge in [0.2, 0.25) is 0 Å². The van der Waals surface area contributed by atoms with Crippen molar-refractivity contribution in [1.82, 2.24) is 0 Å². The molecule has 0 aliphatic rings. The lowest BCUT2D eigenvalue weighted by molar-refractivity contribution is -0.107. The van der Waals surface area contributed by atoms with Crippen molar-refractivity contribution in [2.45, 2.75) is 64.2 Å². The Morgan fingerprint density at radius 2 is 1.14 bits per heavy atom. The molecule has 0 aliphatic heterocycles. The predicted octanol–water partition coefficient (Wildman–Crippen LogP) is 4.48. The molecule has 1 nitrogen and oxygen atoms in total. The summed E-state index contributed by atoms with van der Waals surface area (Å²) in [6.07, 6.45) is 13.6. The Labute approximate surface area is 96.8 Å². The highest BCUT2D eigenvalue weighted by atomic mass is 79.9. The van der Waals surface area contributed by atoms with E-state index in [1.165, 1.54) is 51.4 Å². The number of hydrogen-bond acceptors (Lipinski definition) is 1. The van der Waals surface area contributed by atoms with Gasteiger partial charge in [0, 0.05) is 11.8 Å². The van der Waals surface area contributed by atoms with Crippen molar-refractivity contribution in [3.63, 3.8) is 0 Å². The predicted molar refractivity (Wildman–Crippen MR) is 66.0 cm³/mol. The molecule has 0 fully saturated rings. The molecule has 0 saturated heterocycles. The molecule has 0 aromatic rings. The van der Waals surface area contributed by atoms with Crippen molar-refractivity contribution >= 4 is 22.2 Å². The second kappa shape index (κ2) is 13.2. The molecule has 0 heterocycles. The molecule has 0 spiro atoms. The average molecular weight is 263 g/mol. The number of unbranched alkanes of at least 4 members (excludes halogenated alkanes) is 9. The third-order valence-electron chi connectivity index (χ3n) is 2.46. The van der Waals surface area contributed by atoms with Gasteiger partial charge in [-0.3, -0.25) is 0 Å². The Morgan fingerprint density at radius 1 is 0.714 bits per heavy atom. The van der Waals surface area contributed by atoms with E-state index < -0.39 is 0 Å². The van der Waals surface area contributed by atoms with Crippen LogP contribution in [0.5, 0.6) is 0 Å². The molecule has 0 unspecified atom stereocenters. The zero-order chi connectivity index (χ0) is 10.5. The topological polar surface area (TPSA) is 17.1 Å². The highest BCUT2D eigenvalue weighted by Gasteiger charge is 1.91. The van der Waals surface area contributed by atoms with E-state index in [1.807, 2.05) is 0 Å². The molecule has 0 aliphatic carbocycles. The Kier molecular flexibility index (Phi) is 13.3. The van der Waals surface area contributed by atoms with Crippen LogP contribution in [0.4, 0.5) is 0 Å². The number of carbonyl (C=O) groups is 1. The zero-order valence-electron chi connectivity index (χ0n) is 9.14. The standard InChI is InChI=1S/C12H23BrO/c13-11-9-7-5-3-1-2-4-6-8-10-12-14/h12H,1-11H2. The summed E-state index contributed by atoms with van der Waals surface area (Å²) in [6.45, 7) is 0. The van der Waals surface area contributed by atoms with Crippen molar-refractivity contribution in [2.24, 2.45) is 0 Å². The molecule has 14 heavy (non-hydrogen) atoms. The van der Waals surface area contributed by atoms with Crippen molar-refractivity contribution in [1.29, 1.82) is 0 Å². The van der Waals surface area contributed by atoms with E-state index in [0.29, 0.717) is 0 Å². The highest BCUT2D eigenvalue weighted by molar-refractivity contribution is 9.09. The van der Waals surface area contributed by atoms with Gasteiger partial charge in [0.1, 0.15) is 6.29 Å². The van der Waals surface area contributed by atoms with Gasteiger partial charge in [-0.2, -0.15) is 0 Å². The van der Waals surface area contributed by atoms with Crippen LogP contribution < -0.4 is 0 Å². The van der Waals surface area contributed by atoms with E-state index >= 15 is 0 Å². The lowest BCUT2D eigenvalue weighted by atomic mass is 10.1. The van der Waals surface area contributed by atoms with E-state index in [2.05, 4.69) is 15.9 Å². The summed E-state index contributed by atoms with van der Waals surface area (Å²) in [6, 6.07) is 0. The molecular formula is C12H23BrO. The maximum Gasteiger partial charge on any atom is 0.119 e. The molecule has 0 radical (unpaired) electrons. The van der Waals surface area contributed by atoms with E-state index in [4.69, 9.17) is 0 Å². The molecule has 0 rings (SSSR count). The van der Waals surface area contributed by atoms with Gasteiger partial charge >= 0.3 is 0 Å². The first-order valence-electron chi connectivity index (χ1n) is 5.91. The second-order valence-electron chi connectivity index (χ2n) is 3.83. The molecule has 0 atom stereocenters. The van der Waals surface area contributed by atoms with Crippen LogP contribution >= 0.6 is 15.9 Å². The minimum atomic E-state index is 0.755. The smallest absolute Gasteiger partial charge is 0.119 e. The van der Waals surface area contributed by atoms with Gasteiger partial charge < -0.3 is 4.79 Å².